The topological polar surface area (TPSA) is 38.1 Å². The summed E-state index contributed by atoms with van der Waals surface area (Å²) in [6, 6.07) is 0. The zero-order valence-corrected chi connectivity index (χ0v) is 10.0. The molecule has 0 aliphatic heterocycles. The second-order valence-electron chi connectivity index (χ2n) is 4.77. The molecule has 0 amide bonds. The molecule has 1 aliphatic rings. The highest BCUT2D eigenvalue weighted by molar-refractivity contribution is 5.83. The first-order chi connectivity index (χ1) is 7.65. The molecule has 0 N–H and O–H groups in total. The van der Waals surface area contributed by atoms with Gasteiger partial charge in [-0.05, 0) is 19.9 Å². The van der Waals surface area contributed by atoms with Gasteiger partial charge in [0.25, 0.3) is 0 Å². The van der Waals surface area contributed by atoms with E-state index in [-0.39, 0.29) is 5.92 Å². The molecule has 4 nitrogen and oxygen atoms in total. The summed E-state index contributed by atoms with van der Waals surface area (Å²) < 4.78 is 1.81. The van der Waals surface area contributed by atoms with Crippen molar-refractivity contribution in [1.82, 2.24) is 14.7 Å². The molecule has 0 spiro atoms. The summed E-state index contributed by atoms with van der Waals surface area (Å²) in [5.74, 6) is 0.708. The molecule has 1 fully saturated rings. The number of ketones is 1. The zero-order chi connectivity index (χ0) is 11.5. The summed E-state index contributed by atoms with van der Waals surface area (Å²) in [6.07, 6.45) is 6.83. The number of aromatic nitrogens is 2. The van der Waals surface area contributed by atoms with Crippen molar-refractivity contribution in [1.29, 1.82) is 0 Å². The van der Waals surface area contributed by atoms with Crippen molar-refractivity contribution in [3.05, 3.63) is 18.0 Å². The molecule has 0 aromatic carbocycles. The largest absolute Gasteiger partial charge is 0.301 e. The molecule has 88 valence electrons. The van der Waals surface area contributed by atoms with E-state index in [1.54, 1.807) is 0 Å². The van der Waals surface area contributed by atoms with E-state index in [1.807, 2.05) is 24.1 Å². The van der Waals surface area contributed by atoms with Crippen molar-refractivity contribution in [2.24, 2.45) is 13.0 Å². The standard InChI is InChI=1S/C12H19N3O/c1-14(7-10-6-13-15(2)8-10)9-11-4-3-5-12(11)16/h6,8,11H,3-5,7,9H2,1-2H3. The van der Waals surface area contributed by atoms with Crippen LogP contribution in [0.2, 0.25) is 0 Å². The van der Waals surface area contributed by atoms with Crippen molar-refractivity contribution in [3.8, 4) is 0 Å². The Morgan fingerprint density at radius 1 is 1.62 bits per heavy atom. The Morgan fingerprint density at radius 3 is 3.00 bits per heavy atom. The van der Waals surface area contributed by atoms with Crippen LogP contribution in [-0.4, -0.2) is 34.1 Å². The number of nitrogens with zero attached hydrogens (tertiary/aromatic N) is 3. The number of hydrogen-bond acceptors (Lipinski definition) is 3. The summed E-state index contributed by atoms with van der Waals surface area (Å²) in [5.41, 5.74) is 1.20. The van der Waals surface area contributed by atoms with Gasteiger partial charge in [0, 0.05) is 44.2 Å². The van der Waals surface area contributed by atoms with E-state index in [1.165, 1.54) is 5.56 Å². The van der Waals surface area contributed by atoms with E-state index < -0.39 is 0 Å². The number of aryl methyl sites for hydroxylation is 1. The first kappa shape index (κ1) is 11.3. The summed E-state index contributed by atoms with van der Waals surface area (Å²) in [6.45, 7) is 1.76. The van der Waals surface area contributed by atoms with Crippen molar-refractivity contribution in [3.63, 3.8) is 0 Å². The molecule has 4 heteroatoms. The SMILES string of the molecule is CN(Cc1cnn(C)c1)CC1CCCC1=O. The molecule has 0 radical (unpaired) electrons. The lowest BCUT2D eigenvalue weighted by atomic mass is 10.1. The minimum absolute atomic E-state index is 0.265. The van der Waals surface area contributed by atoms with Gasteiger partial charge in [-0.15, -0.1) is 0 Å². The molecular formula is C12H19N3O. The fourth-order valence-corrected chi connectivity index (χ4v) is 2.39. The normalized spacial score (nSPS) is 20.9. The van der Waals surface area contributed by atoms with Crippen molar-refractivity contribution < 1.29 is 4.79 Å². The molecule has 2 rings (SSSR count). The van der Waals surface area contributed by atoms with E-state index in [4.69, 9.17) is 0 Å². The van der Waals surface area contributed by atoms with E-state index in [9.17, 15) is 4.79 Å². The van der Waals surface area contributed by atoms with Crippen LogP contribution in [0.5, 0.6) is 0 Å². The molecule has 16 heavy (non-hydrogen) atoms. The van der Waals surface area contributed by atoms with E-state index in [0.29, 0.717) is 5.78 Å². The first-order valence-electron chi connectivity index (χ1n) is 5.84. The van der Waals surface area contributed by atoms with Gasteiger partial charge in [-0.25, -0.2) is 0 Å². The van der Waals surface area contributed by atoms with Crippen LogP contribution in [-0.2, 0) is 18.4 Å². The average molecular weight is 221 g/mol. The van der Waals surface area contributed by atoms with E-state index in [2.05, 4.69) is 17.0 Å². The zero-order valence-electron chi connectivity index (χ0n) is 10.0. The highest BCUT2D eigenvalue weighted by Gasteiger charge is 2.25. The highest BCUT2D eigenvalue weighted by atomic mass is 16.1. The predicted molar refractivity (Wildman–Crippen MR) is 61.9 cm³/mol. The summed E-state index contributed by atoms with van der Waals surface area (Å²) in [4.78, 5) is 13.7. The predicted octanol–water partition coefficient (Wildman–Crippen LogP) is 1.22. The molecule has 1 unspecified atom stereocenters. The van der Waals surface area contributed by atoms with Crippen LogP contribution in [0.1, 0.15) is 24.8 Å². The minimum Gasteiger partial charge on any atom is -0.301 e. The first-order valence-corrected chi connectivity index (χ1v) is 5.84. The van der Waals surface area contributed by atoms with Crippen LogP contribution in [0.3, 0.4) is 0 Å². The number of carbonyl (C=O) groups excluding carboxylic acids is 1. The molecule has 1 heterocycles. The van der Waals surface area contributed by atoms with Crippen molar-refractivity contribution in [2.75, 3.05) is 13.6 Å². The maximum absolute atomic E-state index is 11.5. The second kappa shape index (κ2) is 4.78. The quantitative estimate of drug-likeness (QED) is 0.767. The van der Waals surface area contributed by atoms with Crippen LogP contribution in [0.15, 0.2) is 12.4 Å². The number of rotatable bonds is 4. The molecule has 0 saturated heterocycles. The lowest BCUT2D eigenvalue weighted by Gasteiger charge is -2.19. The third kappa shape index (κ3) is 2.70. The Hall–Kier alpha value is -1.16. The monoisotopic (exact) mass is 221 g/mol. The Morgan fingerprint density at radius 2 is 2.44 bits per heavy atom. The summed E-state index contributed by atoms with van der Waals surface area (Å²) >= 11 is 0. The van der Waals surface area contributed by atoms with Crippen LogP contribution < -0.4 is 0 Å². The van der Waals surface area contributed by atoms with Crippen LogP contribution in [0.25, 0.3) is 0 Å². The van der Waals surface area contributed by atoms with Gasteiger partial charge in [-0.3, -0.25) is 9.48 Å². The molecule has 1 saturated carbocycles. The van der Waals surface area contributed by atoms with E-state index in [0.717, 1.165) is 32.4 Å². The van der Waals surface area contributed by atoms with Crippen molar-refractivity contribution in [2.45, 2.75) is 25.8 Å². The Kier molecular flexibility index (Phi) is 3.39. The van der Waals surface area contributed by atoms with Gasteiger partial charge in [0.2, 0.25) is 0 Å². The molecule has 0 bridgehead atoms. The lowest BCUT2D eigenvalue weighted by Crippen LogP contribution is -2.27. The van der Waals surface area contributed by atoms with Gasteiger partial charge >= 0.3 is 0 Å². The van der Waals surface area contributed by atoms with Crippen LogP contribution >= 0.6 is 0 Å². The average Bonchev–Trinajstić information content (AvgIpc) is 2.77. The summed E-state index contributed by atoms with van der Waals surface area (Å²) in [7, 11) is 3.99. The van der Waals surface area contributed by atoms with Gasteiger partial charge in [-0.2, -0.15) is 5.10 Å². The molecular weight excluding hydrogens is 202 g/mol. The Bertz CT molecular complexity index is 372. The number of carbonyl (C=O) groups is 1. The summed E-state index contributed by atoms with van der Waals surface area (Å²) in [5, 5.41) is 4.14. The minimum atomic E-state index is 0.265. The van der Waals surface area contributed by atoms with Gasteiger partial charge in [0.15, 0.2) is 0 Å². The van der Waals surface area contributed by atoms with Crippen LogP contribution in [0, 0.1) is 5.92 Å². The lowest BCUT2D eigenvalue weighted by molar-refractivity contribution is -0.121. The highest BCUT2D eigenvalue weighted by Crippen LogP contribution is 2.22. The van der Waals surface area contributed by atoms with Gasteiger partial charge < -0.3 is 4.90 Å². The van der Waals surface area contributed by atoms with Gasteiger partial charge in [0.1, 0.15) is 5.78 Å². The Labute approximate surface area is 96.2 Å². The van der Waals surface area contributed by atoms with Crippen molar-refractivity contribution >= 4 is 5.78 Å². The fourth-order valence-electron chi connectivity index (χ4n) is 2.39. The van der Waals surface area contributed by atoms with E-state index >= 15 is 0 Å². The molecule has 1 aromatic rings. The van der Waals surface area contributed by atoms with Gasteiger partial charge in [-0.1, -0.05) is 0 Å². The fraction of sp³-hybridized carbons (Fsp3) is 0.667. The third-order valence-corrected chi connectivity index (χ3v) is 3.17. The Balaban J connectivity index is 1.84. The smallest absolute Gasteiger partial charge is 0.137 e. The van der Waals surface area contributed by atoms with Crippen LogP contribution in [0.4, 0.5) is 0 Å². The molecule has 1 aliphatic carbocycles. The van der Waals surface area contributed by atoms with Gasteiger partial charge in [0.05, 0.1) is 6.20 Å². The third-order valence-electron chi connectivity index (χ3n) is 3.17. The maximum Gasteiger partial charge on any atom is 0.137 e. The number of hydrogen-bond donors (Lipinski definition) is 0. The second-order valence-corrected chi connectivity index (χ2v) is 4.77. The maximum atomic E-state index is 11.5. The molecule has 1 atom stereocenters. The number of Topliss-reactive ketones (excluding diaryl/α,β-unsaturated/α-hetero) is 1. The molecule has 1 aromatic heterocycles.